The lowest BCUT2D eigenvalue weighted by atomic mass is 9.98. The molecular weight excluding hydrogens is 254 g/mol. The number of rotatable bonds is 5. The topological polar surface area (TPSA) is 62.2 Å². The molecule has 2 amide bonds. The second-order valence-electron chi connectivity index (χ2n) is 5.32. The fourth-order valence-corrected chi connectivity index (χ4v) is 2.62. The van der Waals surface area contributed by atoms with Gasteiger partial charge in [0, 0.05) is 25.8 Å². The van der Waals surface area contributed by atoms with E-state index in [1.54, 1.807) is 10.9 Å². The highest BCUT2D eigenvalue weighted by Gasteiger charge is 2.19. The quantitative estimate of drug-likeness (QED) is 0.863. The molecule has 2 heterocycles. The predicted octanol–water partition coefficient (Wildman–Crippen LogP) is 1.76. The molecule has 1 aromatic heterocycles. The zero-order chi connectivity index (χ0) is 14.4. The van der Waals surface area contributed by atoms with Gasteiger partial charge in [-0.2, -0.15) is 5.10 Å². The Labute approximate surface area is 120 Å². The maximum Gasteiger partial charge on any atom is 0.319 e. The molecule has 1 aliphatic rings. The molecule has 112 valence electrons. The van der Waals surface area contributed by atoms with E-state index in [2.05, 4.69) is 27.6 Å². The van der Waals surface area contributed by atoms with Crippen molar-refractivity contribution in [1.29, 1.82) is 0 Å². The number of piperidine rings is 1. The van der Waals surface area contributed by atoms with Gasteiger partial charge in [-0.25, -0.2) is 4.79 Å². The summed E-state index contributed by atoms with van der Waals surface area (Å²) in [4.78, 5) is 14.3. The highest BCUT2D eigenvalue weighted by atomic mass is 16.2. The first kappa shape index (κ1) is 14.8. The number of anilines is 1. The zero-order valence-electron chi connectivity index (χ0n) is 12.4. The average Bonchev–Trinajstić information content (AvgIpc) is 2.93. The summed E-state index contributed by atoms with van der Waals surface area (Å²) < 4.78 is 1.79. The predicted molar refractivity (Wildman–Crippen MR) is 79.8 cm³/mol. The third-order valence-electron chi connectivity index (χ3n) is 3.82. The zero-order valence-corrected chi connectivity index (χ0v) is 12.4. The van der Waals surface area contributed by atoms with Crippen molar-refractivity contribution in [3.63, 3.8) is 0 Å². The molecule has 1 fully saturated rings. The van der Waals surface area contributed by atoms with Gasteiger partial charge in [0.25, 0.3) is 0 Å². The molecule has 6 nitrogen and oxygen atoms in total. The molecule has 0 bridgehead atoms. The first-order chi connectivity index (χ1) is 9.71. The number of nitrogens with zero attached hydrogens (tertiary/aromatic N) is 3. The van der Waals surface area contributed by atoms with Crippen LogP contribution in [-0.2, 0) is 6.54 Å². The summed E-state index contributed by atoms with van der Waals surface area (Å²) in [5, 5.41) is 9.90. The lowest BCUT2D eigenvalue weighted by molar-refractivity contribution is 0.180. The number of nitrogens with one attached hydrogen (secondary N) is 2. The number of amides is 2. The van der Waals surface area contributed by atoms with Crippen molar-refractivity contribution in [2.45, 2.75) is 33.2 Å². The minimum Gasteiger partial charge on any atom is -0.338 e. The first-order valence-corrected chi connectivity index (χ1v) is 7.51. The number of carbonyl (C=O) groups is 1. The van der Waals surface area contributed by atoms with Gasteiger partial charge in [-0.3, -0.25) is 4.68 Å². The van der Waals surface area contributed by atoms with Gasteiger partial charge in [0.05, 0.1) is 11.9 Å². The third kappa shape index (κ3) is 4.23. The van der Waals surface area contributed by atoms with Crippen molar-refractivity contribution in [3.8, 4) is 0 Å². The fourth-order valence-electron chi connectivity index (χ4n) is 2.62. The van der Waals surface area contributed by atoms with Crippen LogP contribution in [0.15, 0.2) is 12.4 Å². The summed E-state index contributed by atoms with van der Waals surface area (Å²) in [6.45, 7) is 9.12. The smallest absolute Gasteiger partial charge is 0.319 e. The van der Waals surface area contributed by atoms with E-state index in [-0.39, 0.29) is 6.03 Å². The number of urea groups is 1. The van der Waals surface area contributed by atoms with Gasteiger partial charge in [-0.15, -0.1) is 0 Å². The van der Waals surface area contributed by atoms with Gasteiger partial charge in [0.15, 0.2) is 0 Å². The van der Waals surface area contributed by atoms with Crippen LogP contribution < -0.4 is 10.6 Å². The Morgan fingerprint density at radius 3 is 3.00 bits per heavy atom. The van der Waals surface area contributed by atoms with Crippen LogP contribution in [0.5, 0.6) is 0 Å². The van der Waals surface area contributed by atoms with E-state index in [0.29, 0.717) is 5.92 Å². The molecule has 2 N–H and O–H groups in total. The van der Waals surface area contributed by atoms with Crippen LogP contribution in [0.2, 0.25) is 0 Å². The summed E-state index contributed by atoms with van der Waals surface area (Å²) in [7, 11) is 0. The van der Waals surface area contributed by atoms with E-state index in [0.717, 1.165) is 31.9 Å². The maximum atomic E-state index is 11.8. The fraction of sp³-hybridized carbons (Fsp3) is 0.714. The van der Waals surface area contributed by atoms with Crippen LogP contribution in [0.3, 0.4) is 0 Å². The lowest BCUT2D eigenvalue weighted by Gasteiger charge is -2.31. The highest BCUT2D eigenvalue weighted by Crippen LogP contribution is 2.15. The Morgan fingerprint density at radius 2 is 2.30 bits per heavy atom. The van der Waals surface area contributed by atoms with E-state index in [9.17, 15) is 4.79 Å². The standard InChI is InChI=1S/C14H25N5O/c1-3-18-7-5-6-12(10-18)8-15-14(20)17-13-9-16-19(4-2)11-13/h9,11-12H,3-8,10H2,1-2H3,(H2,15,17,20). The Kier molecular flexibility index (Phi) is 5.40. The van der Waals surface area contributed by atoms with Crippen LogP contribution in [0, 0.1) is 5.92 Å². The normalized spacial score (nSPS) is 19.8. The van der Waals surface area contributed by atoms with Gasteiger partial charge in [0.2, 0.25) is 0 Å². The number of aromatic nitrogens is 2. The molecule has 1 saturated heterocycles. The van der Waals surface area contributed by atoms with E-state index >= 15 is 0 Å². The first-order valence-electron chi connectivity index (χ1n) is 7.51. The van der Waals surface area contributed by atoms with Crippen molar-refractivity contribution in [1.82, 2.24) is 20.0 Å². The molecule has 1 unspecified atom stereocenters. The van der Waals surface area contributed by atoms with Crippen molar-refractivity contribution in [2.75, 3.05) is 31.5 Å². The molecule has 0 spiro atoms. The van der Waals surface area contributed by atoms with Crippen molar-refractivity contribution in [2.24, 2.45) is 5.92 Å². The Balaban J connectivity index is 1.72. The molecule has 0 radical (unpaired) electrons. The van der Waals surface area contributed by atoms with E-state index < -0.39 is 0 Å². The summed E-state index contributed by atoms with van der Waals surface area (Å²) in [6, 6.07) is -0.144. The molecule has 0 saturated carbocycles. The molecule has 6 heteroatoms. The van der Waals surface area contributed by atoms with Crippen LogP contribution in [0.25, 0.3) is 0 Å². The second kappa shape index (κ2) is 7.28. The molecule has 1 atom stereocenters. The largest absolute Gasteiger partial charge is 0.338 e. The number of hydrogen-bond donors (Lipinski definition) is 2. The number of hydrogen-bond acceptors (Lipinski definition) is 3. The number of likely N-dealkylation sites (tertiary alicyclic amines) is 1. The minimum absolute atomic E-state index is 0.144. The highest BCUT2D eigenvalue weighted by molar-refractivity contribution is 5.88. The van der Waals surface area contributed by atoms with Crippen LogP contribution in [0.4, 0.5) is 10.5 Å². The molecular formula is C14H25N5O. The van der Waals surface area contributed by atoms with E-state index in [1.807, 2.05) is 13.1 Å². The molecule has 0 aliphatic carbocycles. The molecule has 20 heavy (non-hydrogen) atoms. The average molecular weight is 279 g/mol. The van der Waals surface area contributed by atoms with Crippen molar-refractivity contribution >= 4 is 11.7 Å². The molecule has 1 aliphatic heterocycles. The van der Waals surface area contributed by atoms with Crippen molar-refractivity contribution < 1.29 is 4.79 Å². The summed E-state index contributed by atoms with van der Waals surface area (Å²) in [5.41, 5.74) is 0.739. The lowest BCUT2D eigenvalue weighted by Crippen LogP contribution is -2.41. The van der Waals surface area contributed by atoms with Crippen molar-refractivity contribution in [3.05, 3.63) is 12.4 Å². The maximum absolute atomic E-state index is 11.8. The SMILES string of the molecule is CCN1CCCC(CNC(=O)Nc2cnn(CC)c2)C1. The van der Waals surface area contributed by atoms with Crippen LogP contribution in [-0.4, -0.2) is 46.9 Å². The Hall–Kier alpha value is -1.56. The van der Waals surface area contributed by atoms with E-state index in [1.165, 1.54) is 19.4 Å². The van der Waals surface area contributed by atoms with E-state index in [4.69, 9.17) is 0 Å². The molecule has 0 aromatic carbocycles. The number of carbonyl (C=O) groups excluding carboxylic acids is 1. The Morgan fingerprint density at radius 1 is 1.45 bits per heavy atom. The van der Waals surface area contributed by atoms with Gasteiger partial charge in [-0.05, 0) is 38.8 Å². The summed E-state index contributed by atoms with van der Waals surface area (Å²) >= 11 is 0. The molecule has 2 rings (SSSR count). The van der Waals surface area contributed by atoms with Gasteiger partial charge >= 0.3 is 6.03 Å². The second-order valence-corrected chi connectivity index (χ2v) is 5.32. The monoisotopic (exact) mass is 279 g/mol. The summed E-state index contributed by atoms with van der Waals surface area (Å²) in [5.74, 6) is 0.563. The van der Waals surface area contributed by atoms with Crippen LogP contribution in [0.1, 0.15) is 26.7 Å². The van der Waals surface area contributed by atoms with Crippen LogP contribution >= 0.6 is 0 Å². The van der Waals surface area contributed by atoms with Gasteiger partial charge in [0.1, 0.15) is 0 Å². The third-order valence-corrected chi connectivity index (χ3v) is 3.82. The van der Waals surface area contributed by atoms with Gasteiger partial charge < -0.3 is 15.5 Å². The summed E-state index contributed by atoms with van der Waals surface area (Å²) in [6.07, 6.45) is 5.93. The minimum atomic E-state index is -0.144. The molecule has 1 aromatic rings. The van der Waals surface area contributed by atoms with Gasteiger partial charge in [-0.1, -0.05) is 6.92 Å². The Bertz CT molecular complexity index is 431. The number of aryl methyl sites for hydroxylation is 1.